The zero-order valence-electron chi connectivity index (χ0n) is 9.84. The van der Waals surface area contributed by atoms with Crippen LogP contribution in [0, 0.1) is 5.82 Å². The maximum atomic E-state index is 13.1. The van der Waals surface area contributed by atoms with Crippen molar-refractivity contribution in [2.24, 2.45) is 0 Å². The minimum atomic E-state index is -1.09. The smallest absolute Gasteiger partial charge is 0.371 e. The molecule has 0 amide bonds. The van der Waals surface area contributed by atoms with E-state index >= 15 is 0 Å². The minimum Gasteiger partial charge on any atom is -0.475 e. The number of carboxylic acid groups (broad SMARTS) is 1. The fourth-order valence-electron chi connectivity index (χ4n) is 2.05. The van der Waals surface area contributed by atoms with Crippen molar-refractivity contribution >= 4 is 16.9 Å². The molecule has 0 saturated carbocycles. The van der Waals surface area contributed by atoms with E-state index in [0.29, 0.717) is 12.3 Å². The molecule has 0 atom stereocenters. The van der Waals surface area contributed by atoms with Crippen LogP contribution in [0.3, 0.4) is 0 Å². The number of rotatable bonds is 3. The molecule has 0 aliphatic heterocycles. The summed E-state index contributed by atoms with van der Waals surface area (Å²) in [5.74, 6) is -0.918. The first-order valence-electron chi connectivity index (χ1n) is 5.70. The highest BCUT2D eigenvalue weighted by molar-refractivity contribution is 5.84. The van der Waals surface area contributed by atoms with Gasteiger partial charge in [-0.2, -0.15) is 0 Å². The molecule has 1 N–H and O–H groups in total. The van der Waals surface area contributed by atoms with Crippen LogP contribution in [0.1, 0.15) is 16.3 Å². The van der Waals surface area contributed by atoms with Gasteiger partial charge >= 0.3 is 5.97 Å². The number of hydrogen-bond acceptors (Lipinski definition) is 2. The minimum absolute atomic E-state index is 0.0856. The van der Waals surface area contributed by atoms with E-state index in [-0.39, 0.29) is 11.6 Å². The van der Waals surface area contributed by atoms with E-state index in [0.717, 1.165) is 10.9 Å². The van der Waals surface area contributed by atoms with Crippen LogP contribution in [0.15, 0.2) is 47.0 Å². The number of aromatic carboxylic acids is 1. The Labute approximate surface area is 107 Å². The molecule has 0 aliphatic carbocycles. The Balaban J connectivity index is 1.94. The number of benzene rings is 1. The largest absolute Gasteiger partial charge is 0.475 e. The molecule has 2 heterocycles. The topological polar surface area (TPSA) is 55.4 Å². The summed E-state index contributed by atoms with van der Waals surface area (Å²) in [6, 6.07) is 9.38. The first kappa shape index (κ1) is 11.5. The highest BCUT2D eigenvalue weighted by Crippen LogP contribution is 2.19. The summed E-state index contributed by atoms with van der Waals surface area (Å²) in [5, 5.41) is 9.58. The number of furan rings is 1. The molecule has 19 heavy (non-hydrogen) atoms. The Morgan fingerprint density at radius 3 is 2.84 bits per heavy atom. The molecule has 5 heteroatoms. The molecule has 4 nitrogen and oxygen atoms in total. The molecular weight excluding hydrogens is 249 g/mol. The van der Waals surface area contributed by atoms with E-state index in [1.807, 2.05) is 10.8 Å². The van der Waals surface area contributed by atoms with Gasteiger partial charge in [0.25, 0.3) is 0 Å². The van der Waals surface area contributed by atoms with Gasteiger partial charge in [0, 0.05) is 17.1 Å². The summed E-state index contributed by atoms with van der Waals surface area (Å²) in [6.07, 6.45) is 1.81. The number of nitrogens with zero attached hydrogens (tertiary/aromatic N) is 1. The van der Waals surface area contributed by atoms with Crippen LogP contribution in [0.4, 0.5) is 4.39 Å². The van der Waals surface area contributed by atoms with Gasteiger partial charge in [-0.3, -0.25) is 0 Å². The lowest BCUT2D eigenvalue weighted by molar-refractivity contribution is 0.0660. The maximum Gasteiger partial charge on any atom is 0.371 e. The van der Waals surface area contributed by atoms with Crippen LogP contribution in [-0.2, 0) is 6.54 Å². The van der Waals surface area contributed by atoms with Crippen molar-refractivity contribution in [1.82, 2.24) is 4.57 Å². The fourth-order valence-corrected chi connectivity index (χ4v) is 2.05. The first-order valence-corrected chi connectivity index (χ1v) is 5.70. The summed E-state index contributed by atoms with van der Waals surface area (Å²) < 4.78 is 20.1. The summed E-state index contributed by atoms with van der Waals surface area (Å²) in [6.45, 7) is 0.405. The lowest BCUT2D eigenvalue weighted by Gasteiger charge is -2.02. The molecule has 2 aromatic heterocycles. The molecule has 0 unspecified atom stereocenters. The van der Waals surface area contributed by atoms with Crippen LogP contribution < -0.4 is 0 Å². The van der Waals surface area contributed by atoms with Crippen LogP contribution in [-0.4, -0.2) is 15.6 Å². The van der Waals surface area contributed by atoms with Gasteiger partial charge in [-0.15, -0.1) is 0 Å². The SMILES string of the molecule is O=C(O)c1ccc(Cn2ccc3cc(F)ccc32)o1. The molecule has 96 valence electrons. The van der Waals surface area contributed by atoms with Gasteiger partial charge in [-0.25, -0.2) is 9.18 Å². The highest BCUT2D eigenvalue weighted by atomic mass is 19.1. The predicted octanol–water partition coefficient (Wildman–Crippen LogP) is 3.12. The van der Waals surface area contributed by atoms with E-state index in [1.165, 1.54) is 18.2 Å². The zero-order chi connectivity index (χ0) is 13.4. The molecule has 0 saturated heterocycles. The van der Waals surface area contributed by atoms with Gasteiger partial charge < -0.3 is 14.1 Å². The number of fused-ring (bicyclic) bond motifs is 1. The summed E-state index contributed by atoms with van der Waals surface area (Å²) >= 11 is 0. The van der Waals surface area contributed by atoms with Gasteiger partial charge in [0.05, 0.1) is 6.54 Å². The number of carbonyl (C=O) groups is 1. The van der Waals surface area contributed by atoms with Crippen LogP contribution in [0.2, 0.25) is 0 Å². The maximum absolute atomic E-state index is 13.1. The van der Waals surface area contributed by atoms with E-state index < -0.39 is 5.97 Å². The Morgan fingerprint density at radius 2 is 2.11 bits per heavy atom. The first-order chi connectivity index (χ1) is 9.13. The number of aromatic nitrogens is 1. The predicted molar refractivity (Wildman–Crippen MR) is 66.7 cm³/mol. The standard InChI is InChI=1S/C14H10FNO3/c15-10-1-3-12-9(7-10)5-6-16(12)8-11-2-4-13(19-11)14(17)18/h1-7H,8H2,(H,17,18). The molecular formula is C14H10FNO3. The third-order valence-corrected chi connectivity index (χ3v) is 2.93. The second-order valence-corrected chi connectivity index (χ2v) is 4.22. The second-order valence-electron chi connectivity index (χ2n) is 4.22. The van der Waals surface area contributed by atoms with Crippen molar-refractivity contribution in [3.63, 3.8) is 0 Å². The van der Waals surface area contributed by atoms with Crippen LogP contribution >= 0.6 is 0 Å². The Morgan fingerprint density at radius 1 is 1.26 bits per heavy atom. The molecule has 0 spiro atoms. The van der Waals surface area contributed by atoms with Crippen LogP contribution in [0.25, 0.3) is 10.9 Å². The number of carboxylic acids is 1. The van der Waals surface area contributed by atoms with Crippen molar-refractivity contribution in [2.45, 2.75) is 6.54 Å². The van der Waals surface area contributed by atoms with Gasteiger partial charge in [0.1, 0.15) is 11.6 Å². The van der Waals surface area contributed by atoms with Crippen LogP contribution in [0.5, 0.6) is 0 Å². The fraction of sp³-hybridized carbons (Fsp3) is 0.0714. The quantitative estimate of drug-likeness (QED) is 0.786. The van der Waals surface area contributed by atoms with Gasteiger partial charge in [-0.1, -0.05) is 0 Å². The monoisotopic (exact) mass is 259 g/mol. The molecule has 0 radical (unpaired) electrons. The highest BCUT2D eigenvalue weighted by Gasteiger charge is 2.10. The Hall–Kier alpha value is -2.56. The molecule has 0 aliphatic rings. The average molecular weight is 259 g/mol. The number of hydrogen-bond donors (Lipinski definition) is 1. The van der Waals surface area contributed by atoms with Crippen molar-refractivity contribution in [3.8, 4) is 0 Å². The molecule has 0 bridgehead atoms. The number of halogens is 1. The van der Waals surface area contributed by atoms with Gasteiger partial charge in [-0.05, 0) is 36.4 Å². The summed E-state index contributed by atoms with van der Waals surface area (Å²) in [5.41, 5.74) is 0.870. The third-order valence-electron chi connectivity index (χ3n) is 2.93. The van der Waals surface area contributed by atoms with Crippen molar-refractivity contribution < 1.29 is 18.7 Å². The van der Waals surface area contributed by atoms with E-state index in [4.69, 9.17) is 9.52 Å². The van der Waals surface area contributed by atoms with E-state index in [1.54, 1.807) is 18.2 Å². The zero-order valence-corrected chi connectivity index (χ0v) is 9.84. The third kappa shape index (κ3) is 2.10. The van der Waals surface area contributed by atoms with Gasteiger partial charge in [0.15, 0.2) is 0 Å². The summed E-state index contributed by atoms with van der Waals surface area (Å²) in [4.78, 5) is 10.7. The van der Waals surface area contributed by atoms with Gasteiger partial charge in [0.2, 0.25) is 5.76 Å². The normalized spacial score (nSPS) is 11.0. The van der Waals surface area contributed by atoms with Crippen molar-refractivity contribution in [3.05, 3.63) is 59.9 Å². The van der Waals surface area contributed by atoms with E-state index in [2.05, 4.69) is 0 Å². The summed E-state index contributed by atoms with van der Waals surface area (Å²) in [7, 11) is 0. The molecule has 1 aromatic carbocycles. The molecule has 0 fully saturated rings. The Kier molecular flexibility index (Phi) is 2.59. The lowest BCUT2D eigenvalue weighted by Crippen LogP contribution is -1.97. The average Bonchev–Trinajstić information content (AvgIpc) is 2.97. The van der Waals surface area contributed by atoms with Crippen molar-refractivity contribution in [2.75, 3.05) is 0 Å². The van der Waals surface area contributed by atoms with Crippen molar-refractivity contribution in [1.29, 1.82) is 0 Å². The van der Waals surface area contributed by atoms with E-state index in [9.17, 15) is 9.18 Å². The molecule has 3 aromatic rings. The second kappa shape index (κ2) is 4.28. The lowest BCUT2D eigenvalue weighted by atomic mass is 10.2. The Bertz CT molecular complexity index is 757. The molecule has 3 rings (SSSR count).